The van der Waals surface area contributed by atoms with Gasteiger partial charge in [0.15, 0.2) is 0 Å². The van der Waals surface area contributed by atoms with Gasteiger partial charge in [-0.05, 0) is 13.3 Å². The molecule has 4 heteroatoms. The largest absolute Gasteiger partial charge is 0.369 e. The number of hydrogen-bond donors (Lipinski definition) is 1. The lowest BCUT2D eigenvalue weighted by molar-refractivity contribution is 0.833. The van der Waals surface area contributed by atoms with Gasteiger partial charge in [-0.25, -0.2) is 9.97 Å². The van der Waals surface area contributed by atoms with Crippen LogP contribution in [0.4, 0.5) is 5.82 Å². The molecule has 1 aromatic heterocycles. The van der Waals surface area contributed by atoms with E-state index in [9.17, 15) is 0 Å². The van der Waals surface area contributed by atoms with Gasteiger partial charge in [0.25, 0.3) is 0 Å². The number of nitrogens with one attached hydrogen (secondary N) is 1. The SMILES string of the molecule is CCCc1ncc(C#N)c(NCC)n1. The van der Waals surface area contributed by atoms with E-state index in [2.05, 4.69) is 28.3 Å². The van der Waals surface area contributed by atoms with Crippen LogP contribution in [0.5, 0.6) is 0 Å². The van der Waals surface area contributed by atoms with Crippen molar-refractivity contribution in [3.05, 3.63) is 17.6 Å². The Morgan fingerprint density at radius 1 is 1.50 bits per heavy atom. The molecule has 14 heavy (non-hydrogen) atoms. The fraction of sp³-hybridized carbons (Fsp3) is 0.500. The zero-order valence-electron chi connectivity index (χ0n) is 8.54. The summed E-state index contributed by atoms with van der Waals surface area (Å²) >= 11 is 0. The molecule has 0 unspecified atom stereocenters. The topological polar surface area (TPSA) is 61.6 Å². The van der Waals surface area contributed by atoms with Crippen LogP contribution in [-0.4, -0.2) is 16.5 Å². The van der Waals surface area contributed by atoms with Gasteiger partial charge >= 0.3 is 0 Å². The Morgan fingerprint density at radius 3 is 2.86 bits per heavy atom. The maximum atomic E-state index is 8.80. The third-order valence-corrected chi connectivity index (χ3v) is 1.78. The van der Waals surface area contributed by atoms with E-state index in [1.54, 1.807) is 6.20 Å². The molecule has 0 aromatic carbocycles. The zero-order chi connectivity index (χ0) is 10.4. The predicted molar refractivity (Wildman–Crippen MR) is 54.9 cm³/mol. The third-order valence-electron chi connectivity index (χ3n) is 1.78. The van der Waals surface area contributed by atoms with Crippen LogP contribution in [0.25, 0.3) is 0 Å². The predicted octanol–water partition coefficient (Wildman–Crippen LogP) is 1.73. The first kappa shape index (κ1) is 10.5. The quantitative estimate of drug-likeness (QED) is 0.785. The van der Waals surface area contributed by atoms with Crippen LogP contribution in [0.1, 0.15) is 31.7 Å². The molecular weight excluding hydrogens is 176 g/mol. The summed E-state index contributed by atoms with van der Waals surface area (Å²) in [5, 5.41) is 11.8. The Kier molecular flexibility index (Phi) is 3.86. The molecule has 1 N–H and O–H groups in total. The van der Waals surface area contributed by atoms with Gasteiger partial charge in [-0.2, -0.15) is 5.26 Å². The first-order chi connectivity index (χ1) is 6.81. The Balaban J connectivity index is 2.96. The number of aromatic nitrogens is 2. The summed E-state index contributed by atoms with van der Waals surface area (Å²) in [6.45, 7) is 4.81. The summed E-state index contributed by atoms with van der Waals surface area (Å²) in [6, 6.07) is 2.06. The van der Waals surface area contributed by atoms with Gasteiger partial charge in [0, 0.05) is 13.0 Å². The fourth-order valence-corrected chi connectivity index (χ4v) is 1.15. The van der Waals surface area contributed by atoms with Gasteiger partial charge in [0.05, 0.1) is 6.20 Å². The summed E-state index contributed by atoms with van der Waals surface area (Å²) in [4.78, 5) is 8.39. The van der Waals surface area contributed by atoms with Crippen molar-refractivity contribution in [3.63, 3.8) is 0 Å². The lowest BCUT2D eigenvalue weighted by atomic mass is 10.3. The van der Waals surface area contributed by atoms with Crippen LogP contribution in [0, 0.1) is 11.3 Å². The van der Waals surface area contributed by atoms with Gasteiger partial charge in [-0.15, -0.1) is 0 Å². The molecule has 1 heterocycles. The molecule has 1 aromatic rings. The molecular formula is C10H14N4. The van der Waals surface area contributed by atoms with Crippen molar-refractivity contribution in [1.29, 1.82) is 5.26 Å². The number of hydrogen-bond acceptors (Lipinski definition) is 4. The lowest BCUT2D eigenvalue weighted by Crippen LogP contribution is -2.05. The molecule has 1 rings (SSSR count). The lowest BCUT2D eigenvalue weighted by Gasteiger charge is -2.05. The molecule has 0 bridgehead atoms. The van der Waals surface area contributed by atoms with E-state index in [1.165, 1.54) is 0 Å². The molecule has 0 aliphatic carbocycles. The van der Waals surface area contributed by atoms with Crippen molar-refractivity contribution in [2.24, 2.45) is 0 Å². The van der Waals surface area contributed by atoms with Crippen LogP contribution >= 0.6 is 0 Å². The molecule has 0 amide bonds. The average molecular weight is 190 g/mol. The summed E-state index contributed by atoms with van der Waals surface area (Å²) in [5.41, 5.74) is 0.506. The van der Waals surface area contributed by atoms with Gasteiger partial charge in [-0.1, -0.05) is 6.92 Å². The number of rotatable bonds is 4. The molecule has 0 saturated heterocycles. The van der Waals surface area contributed by atoms with Crippen molar-refractivity contribution in [2.45, 2.75) is 26.7 Å². The number of anilines is 1. The number of nitrogens with zero attached hydrogens (tertiary/aromatic N) is 3. The monoisotopic (exact) mass is 190 g/mol. The van der Waals surface area contributed by atoms with E-state index in [1.807, 2.05) is 6.92 Å². The molecule has 0 atom stereocenters. The summed E-state index contributed by atoms with van der Waals surface area (Å²) in [7, 11) is 0. The van der Waals surface area contributed by atoms with Gasteiger partial charge < -0.3 is 5.32 Å². The summed E-state index contributed by atoms with van der Waals surface area (Å²) in [6.07, 6.45) is 3.44. The van der Waals surface area contributed by atoms with Gasteiger partial charge in [0.1, 0.15) is 23.3 Å². The van der Waals surface area contributed by atoms with Crippen molar-refractivity contribution in [3.8, 4) is 6.07 Å². The minimum absolute atomic E-state index is 0.506. The molecule has 0 saturated carbocycles. The highest BCUT2D eigenvalue weighted by Gasteiger charge is 2.04. The first-order valence-electron chi connectivity index (χ1n) is 4.81. The Hall–Kier alpha value is -1.63. The summed E-state index contributed by atoms with van der Waals surface area (Å²) in [5.74, 6) is 1.44. The second-order valence-corrected chi connectivity index (χ2v) is 2.94. The van der Waals surface area contributed by atoms with Crippen LogP contribution < -0.4 is 5.32 Å². The second kappa shape index (κ2) is 5.18. The number of nitriles is 1. The van der Waals surface area contributed by atoms with Crippen LogP contribution in [0.2, 0.25) is 0 Å². The fourth-order valence-electron chi connectivity index (χ4n) is 1.15. The van der Waals surface area contributed by atoms with E-state index in [0.717, 1.165) is 25.2 Å². The van der Waals surface area contributed by atoms with Crippen LogP contribution in [-0.2, 0) is 6.42 Å². The highest BCUT2D eigenvalue weighted by atomic mass is 15.0. The van der Waals surface area contributed by atoms with Crippen molar-refractivity contribution >= 4 is 5.82 Å². The van der Waals surface area contributed by atoms with E-state index >= 15 is 0 Å². The highest BCUT2D eigenvalue weighted by Crippen LogP contribution is 2.10. The van der Waals surface area contributed by atoms with Crippen molar-refractivity contribution in [1.82, 2.24) is 9.97 Å². The molecule has 0 aliphatic heterocycles. The normalized spacial score (nSPS) is 9.50. The molecule has 0 aliphatic rings. The minimum Gasteiger partial charge on any atom is -0.369 e. The van der Waals surface area contributed by atoms with E-state index in [4.69, 9.17) is 5.26 Å². The Morgan fingerprint density at radius 2 is 2.29 bits per heavy atom. The van der Waals surface area contributed by atoms with E-state index in [0.29, 0.717) is 11.4 Å². The average Bonchev–Trinajstić information content (AvgIpc) is 2.19. The maximum Gasteiger partial charge on any atom is 0.147 e. The minimum atomic E-state index is 0.506. The smallest absolute Gasteiger partial charge is 0.147 e. The Bertz CT molecular complexity index is 340. The first-order valence-corrected chi connectivity index (χ1v) is 4.81. The molecule has 4 nitrogen and oxygen atoms in total. The number of aryl methyl sites for hydroxylation is 1. The summed E-state index contributed by atoms with van der Waals surface area (Å²) < 4.78 is 0. The van der Waals surface area contributed by atoms with Crippen LogP contribution in [0.3, 0.4) is 0 Å². The third kappa shape index (κ3) is 2.43. The van der Waals surface area contributed by atoms with Crippen molar-refractivity contribution in [2.75, 3.05) is 11.9 Å². The highest BCUT2D eigenvalue weighted by molar-refractivity contribution is 5.50. The standard InChI is InChI=1S/C10H14N4/c1-3-5-9-13-7-8(6-11)10(14-9)12-4-2/h7H,3-5H2,1-2H3,(H,12,13,14). The molecule has 0 spiro atoms. The molecule has 0 fully saturated rings. The van der Waals surface area contributed by atoms with Gasteiger partial charge in [0.2, 0.25) is 0 Å². The second-order valence-electron chi connectivity index (χ2n) is 2.94. The molecule has 0 radical (unpaired) electrons. The van der Waals surface area contributed by atoms with E-state index < -0.39 is 0 Å². The maximum absolute atomic E-state index is 8.80. The van der Waals surface area contributed by atoms with Crippen LogP contribution in [0.15, 0.2) is 6.20 Å². The van der Waals surface area contributed by atoms with E-state index in [-0.39, 0.29) is 0 Å². The zero-order valence-corrected chi connectivity index (χ0v) is 8.54. The van der Waals surface area contributed by atoms with Crippen molar-refractivity contribution < 1.29 is 0 Å². The van der Waals surface area contributed by atoms with Gasteiger partial charge in [-0.3, -0.25) is 0 Å². The molecule has 74 valence electrons. The Labute approximate surface area is 84.0 Å².